The molecule has 3 atom stereocenters. The quantitative estimate of drug-likeness (QED) is 0.507. The predicted molar refractivity (Wildman–Crippen MR) is 113 cm³/mol. The summed E-state index contributed by atoms with van der Waals surface area (Å²) in [5.74, 6) is 3.27. The number of amidine groups is 1. The third kappa shape index (κ3) is 3.79. The van der Waals surface area contributed by atoms with Crippen LogP contribution in [0.25, 0.3) is 10.2 Å². The van der Waals surface area contributed by atoms with Crippen molar-refractivity contribution in [3.05, 3.63) is 23.2 Å². The molecule has 4 rings (SSSR count). The maximum absolute atomic E-state index is 8.74. The number of thiophene rings is 1. The van der Waals surface area contributed by atoms with E-state index in [1.807, 2.05) is 18.4 Å². The molecule has 1 aliphatic carbocycles. The van der Waals surface area contributed by atoms with Gasteiger partial charge in [-0.25, -0.2) is 4.98 Å². The first kappa shape index (κ1) is 18.7. The molecule has 28 heavy (non-hydrogen) atoms. The van der Waals surface area contributed by atoms with Crippen LogP contribution in [0.15, 0.2) is 28.2 Å². The molecule has 0 amide bonds. The van der Waals surface area contributed by atoms with Gasteiger partial charge in [-0.05, 0) is 36.3 Å². The van der Waals surface area contributed by atoms with Gasteiger partial charge in [0.15, 0.2) is 0 Å². The summed E-state index contributed by atoms with van der Waals surface area (Å²) in [4.78, 5) is 16.9. The Hall–Kier alpha value is -2.70. The molecule has 2 aromatic heterocycles. The van der Waals surface area contributed by atoms with Crippen molar-refractivity contribution in [3.8, 4) is 6.07 Å². The number of nitrogens with one attached hydrogen (secondary N) is 2. The lowest BCUT2D eigenvalue weighted by atomic mass is 10.3. The maximum atomic E-state index is 8.74. The summed E-state index contributed by atoms with van der Waals surface area (Å²) in [6.07, 6.45) is 2.39. The van der Waals surface area contributed by atoms with Crippen LogP contribution >= 0.6 is 11.3 Å². The Labute approximate surface area is 168 Å². The van der Waals surface area contributed by atoms with Crippen LogP contribution in [0.2, 0.25) is 0 Å². The molecule has 0 bridgehead atoms. The third-order valence-corrected chi connectivity index (χ3v) is 6.09. The zero-order valence-electron chi connectivity index (χ0n) is 16.0. The van der Waals surface area contributed by atoms with Crippen molar-refractivity contribution in [3.63, 3.8) is 0 Å². The fraction of sp³-hybridized carbons (Fsp3) is 0.474. The van der Waals surface area contributed by atoms with Gasteiger partial charge in [0.05, 0.1) is 11.5 Å². The number of hydrogen-bond acceptors (Lipinski definition) is 8. The lowest BCUT2D eigenvalue weighted by molar-refractivity contribution is 0.307. The summed E-state index contributed by atoms with van der Waals surface area (Å²) in [6, 6.07) is 4.65. The van der Waals surface area contributed by atoms with Crippen molar-refractivity contribution in [1.29, 1.82) is 5.26 Å². The van der Waals surface area contributed by atoms with Crippen LogP contribution < -0.4 is 16.4 Å². The first-order valence-electron chi connectivity index (χ1n) is 9.37. The standard InChI is InChI=1S/C19H24N8S/c1-11(21)8-15(22-2)23-17-12-4-7-28-18(12)26-19(25-17)24-16-13-9-27(6-3-5-20)10-14(13)16/h4,7-8,13-14,16H,3,6,9-10,21H2,1-2H3,(H2,22,23,24,25,26)/b11-8-/t13-,14+,16-. The number of rotatable bonds is 6. The van der Waals surface area contributed by atoms with E-state index in [0.717, 1.165) is 35.7 Å². The number of nitriles is 1. The molecule has 4 N–H and O–H groups in total. The second-order valence-corrected chi connectivity index (χ2v) is 8.22. The van der Waals surface area contributed by atoms with E-state index >= 15 is 0 Å². The van der Waals surface area contributed by atoms with Gasteiger partial charge in [-0.2, -0.15) is 10.2 Å². The number of aromatic nitrogens is 2. The summed E-state index contributed by atoms with van der Waals surface area (Å²) in [5.41, 5.74) is 6.46. The molecule has 9 heteroatoms. The average molecular weight is 397 g/mol. The molecule has 0 radical (unpaired) electrons. The highest BCUT2D eigenvalue weighted by Gasteiger charge is 2.55. The van der Waals surface area contributed by atoms with Crippen LogP contribution in [0.5, 0.6) is 0 Å². The average Bonchev–Trinajstić information content (AvgIpc) is 3.06. The Bertz CT molecular complexity index is 956. The topological polar surface area (TPSA) is 115 Å². The summed E-state index contributed by atoms with van der Waals surface area (Å²) < 4.78 is 0. The number of aliphatic imine (C=N–C) groups is 1. The van der Waals surface area contributed by atoms with Crippen molar-refractivity contribution in [1.82, 2.24) is 14.9 Å². The van der Waals surface area contributed by atoms with Crippen LogP contribution in [0.1, 0.15) is 13.3 Å². The fourth-order valence-corrected chi connectivity index (χ4v) is 4.64. The number of nitrogens with zero attached hydrogens (tertiary/aromatic N) is 5. The molecule has 2 aliphatic rings. The molecule has 0 aromatic carbocycles. The molecule has 0 unspecified atom stereocenters. The van der Waals surface area contributed by atoms with E-state index in [0.29, 0.717) is 41.8 Å². The van der Waals surface area contributed by atoms with Gasteiger partial charge in [-0.3, -0.25) is 4.99 Å². The lowest BCUT2D eigenvalue weighted by Crippen LogP contribution is -2.29. The van der Waals surface area contributed by atoms with E-state index in [1.165, 1.54) is 0 Å². The molecule has 1 aliphatic heterocycles. The zero-order valence-corrected chi connectivity index (χ0v) is 16.8. The van der Waals surface area contributed by atoms with Gasteiger partial charge in [0.1, 0.15) is 16.5 Å². The van der Waals surface area contributed by atoms with Gasteiger partial charge in [0.2, 0.25) is 5.95 Å². The van der Waals surface area contributed by atoms with Crippen molar-refractivity contribution in [2.75, 3.05) is 37.3 Å². The van der Waals surface area contributed by atoms with Crippen LogP contribution in [0.3, 0.4) is 0 Å². The van der Waals surface area contributed by atoms with Crippen molar-refractivity contribution in [2.45, 2.75) is 19.4 Å². The third-order valence-electron chi connectivity index (χ3n) is 5.28. The number of nitrogens with two attached hydrogens (primary N) is 1. The first-order valence-corrected chi connectivity index (χ1v) is 10.3. The summed E-state index contributed by atoms with van der Waals surface area (Å²) >= 11 is 1.59. The van der Waals surface area contributed by atoms with E-state index in [9.17, 15) is 0 Å². The van der Waals surface area contributed by atoms with Gasteiger partial charge >= 0.3 is 0 Å². The zero-order chi connectivity index (χ0) is 19.7. The molecule has 8 nitrogen and oxygen atoms in total. The van der Waals surface area contributed by atoms with Crippen LogP contribution in [0.4, 0.5) is 11.8 Å². The summed E-state index contributed by atoms with van der Waals surface area (Å²) in [7, 11) is 1.72. The number of piperidine rings is 1. The van der Waals surface area contributed by atoms with Crippen molar-refractivity contribution in [2.24, 2.45) is 22.6 Å². The van der Waals surface area contributed by atoms with E-state index in [1.54, 1.807) is 24.5 Å². The highest BCUT2D eigenvalue weighted by molar-refractivity contribution is 7.16. The Morgan fingerprint density at radius 1 is 1.46 bits per heavy atom. The molecule has 2 aromatic rings. The number of anilines is 2. The molecule has 0 spiro atoms. The number of likely N-dealkylation sites (tertiary alicyclic amines) is 1. The number of fused-ring (bicyclic) bond motifs is 2. The molecular weight excluding hydrogens is 372 g/mol. The summed E-state index contributed by atoms with van der Waals surface area (Å²) in [5, 5.41) is 18.5. The van der Waals surface area contributed by atoms with Crippen LogP contribution in [-0.4, -0.2) is 53.4 Å². The highest BCUT2D eigenvalue weighted by atomic mass is 32.1. The number of hydrogen-bond donors (Lipinski definition) is 3. The Balaban J connectivity index is 1.48. The van der Waals surface area contributed by atoms with E-state index < -0.39 is 0 Å². The molecule has 1 saturated heterocycles. The second-order valence-electron chi connectivity index (χ2n) is 7.32. The largest absolute Gasteiger partial charge is 0.402 e. The van der Waals surface area contributed by atoms with E-state index in [4.69, 9.17) is 16.0 Å². The smallest absolute Gasteiger partial charge is 0.226 e. The van der Waals surface area contributed by atoms with Crippen molar-refractivity contribution >= 4 is 39.2 Å². The second kappa shape index (κ2) is 7.73. The van der Waals surface area contributed by atoms with Gasteiger partial charge in [-0.1, -0.05) is 0 Å². The van der Waals surface area contributed by atoms with Crippen LogP contribution in [0, 0.1) is 23.2 Å². The van der Waals surface area contributed by atoms with Crippen LogP contribution in [-0.2, 0) is 0 Å². The molecule has 146 valence electrons. The first-order chi connectivity index (χ1) is 13.6. The van der Waals surface area contributed by atoms with Gasteiger partial charge in [0, 0.05) is 44.8 Å². The maximum Gasteiger partial charge on any atom is 0.226 e. The minimum atomic E-state index is 0.411. The highest BCUT2D eigenvalue weighted by Crippen LogP contribution is 2.47. The van der Waals surface area contributed by atoms with Gasteiger partial charge in [-0.15, -0.1) is 11.3 Å². The molecular formula is C19H24N8S. The predicted octanol–water partition coefficient (Wildman–Crippen LogP) is 2.25. The Kier molecular flexibility index (Phi) is 5.15. The minimum Gasteiger partial charge on any atom is -0.402 e. The molecule has 1 saturated carbocycles. The molecule has 2 fully saturated rings. The monoisotopic (exact) mass is 396 g/mol. The Morgan fingerprint density at radius 3 is 2.93 bits per heavy atom. The van der Waals surface area contributed by atoms with E-state index in [-0.39, 0.29) is 0 Å². The van der Waals surface area contributed by atoms with E-state index in [2.05, 4.69) is 31.6 Å². The fourth-order valence-electron chi connectivity index (χ4n) is 3.88. The normalized spacial score (nSPS) is 24.8. The SMILES string of the molecule is C/N=C(\C=C(\C)N)Nc1nc(N[C@@H]2[C@@H]3CN(CCC#N)C[C@@H]32)nc2sccc12. The summed E-state index contributed by atoms with van der Waals surface area (Å²) in [6.45, 7) is 4.79. The Morgan fingerprint density at radius 2 is 2.25 bits per heavy atom. The number of allylic oxidation sites excluding steroid dienone is 1. The van der Waals surface area contributed by atoms with Gasteiger partial charge < -0.3 is 21.3 Å². The van der Waals surface area contributed by atoms with Gasteiger partial charge in [0.25, 0.3) is 0 Å². The van der Waals surface area contributed by atoms with Crippen molar-refractivity contribution < 1.29 is 0 Å². The lowest BCUT2D eigenvalue weighted by Gasteiger charge is -2.18. The molecule has 3 heterocycles. The minimum absolute atomic E-state index is 0.411.